The first kappa shape index (κ1) is 16.7. The summed E-state index contributed by atoms with van der Waals surface area (Å²) in [6, 6.07) is 19.0. The molecule has 0 bridgehead atoms. The minimum Gasteiger partial charge on any atom is -0.476 e. The average Bonchev–Trinajstić information content (AvgIpc) is 2.94. The molecule has 0 unspecified atom stereocenters. The second-order valence-electron chi connectivity index (χ2n) is 6.00. The van der Waals surface area contributed by atoms with Gasteiger partial charge in [-0.25, -0.2) is 4.99 Å². The maximum absolute atomic E-state index is 12.9. The Labute approximate surface area is 150 Å². The van der Waals surface area contributed by atoms with Crippen LogP contribution in [-0.4, -0.2) is 23.2 Å². The third-order valence-corrected chi connectivity index (χ3v) is 4.80. The Morgan fingerprint density at radius 3 is 2.46 bits per heavy atom. The van der Waals surface area contributed by atoms with Crippen LogP contribution in [0.5, 0.6) is 0 Å². The molecule has 2 aromatic rings. The zero-order valence-corrected chi connectivity index (χ0v) is 15.0. The third-order valence-electron chi connectivity index (χ3n) is 4.08. The summed E-state index contributed by atoms with van der Waals surface area (Å²) in [5.74, 6) is 0.360. The van der Waals surface area contributed by atoms with Crippen LogP contribution in [0.4, 0.5) is 11.4 Å². The van der Waals surface area contributed by atoms with Gasteiger partial charge in [0.2, 0.25) is 11.8 Å². The molecular weight excluding hydrogens is 368 g/mol. The minimum atomic E-state index is -0.801. The largest absolute Gasteiger partial charge is 0.476 e. The summed E-state index contributed by atoms with van der Waals surface area (Å²) in [6.45, 7) is 1.88. The Balaban J connectivity index is 1.89. The van der Waals surface area contributed by atoms with Crippen molar-refractivity contribution < 1.29 is 9.53 Å². The molecule has 24 heavy (non-hydrogen) atoms. The molecule has 1 heterocycles. The summed E-state index contributed by atoms with van der Waals surface area (Å²) >= 11 is 3.45. The zero-order valence-electron chi connectivity index (χ0n) is 13.4. The number of carbonyl (C=O) groups excluding carboxylic acids is 1. The number of hydrogen-bond donors (Lipinski definition) is 1. The molecule has 1 saturated heterocycles. The molecule has 124 valence electrons. The van der Waals surface area contributed by atoms with Crippen LogP contribution in [0.3, 0.4) is 0 Å². The minimum absolute atomic E-state index is 0.0704. The highest BCUT2D eigenvalue weighted by Crippen LogP contribution is 2.38. The Morgan fingerprint density at radius 1 is 1.21 bits per heavy atom. The van der Waals surface area contributed by atoms with Gasteiger partial charge in [-0.3, -0.25) is 4.79 Å². The highest BCUT2D eigenvalue weighted by Gasteiger charge is 2.49. The molecule has 0 spiro atoms. The number of hydrogen-bond acceptors (Lipinski definition) is 3. The summed E-state index contributed by atoms with van der Waals surface area (Å²) < 4.78 is 5.93. The first-order valence-electron chi connectivity index (χ1n) is 7.85. The van der Waals surface area contributed by atoms with E-state index in [4.69, 9.17) is 4.74 Å². The predicted molar refractivity (Wildman–Crippen MR) is 100.0 cm³/mol. The molecule has 2 aromatic carbocycles. The Hall–Kier alpha value is -2.14. The van der Waals surface area contributed by atoms with E-state index < -0.39 is 5.41 Å². The topological polar surface area (TPSA) is 50.7 Å². The summed E-state index contributed by atoms with van der Waals surface area (Å²) in [4.78, 5) is 17.5. The van der Waals surface area contributed by atoms with E-state index in [0.717, 1.165) is 11.4 Å². The number of ether oxygens (including phenoxy) is 1. The zero-order chi connectivity index (χ0) is 17.0. The van der Waals surface area contributed by atoms with Crippen molar-refractivity contribution in [2.75, 3.05) is 10.6 Å². The predicted octanol–water partition coefficient (Wildman–Crippen LogP) is 4.55. The van der Waals surface area contributed by atoms with Gasteiger partial charge in [-0.05, 0) is 31.2 Å². The maximum atomic E-state index is 12.9. The fraction of sp³-hybridized carbons (Fsp3) is 0.263. The number of nitrogens with zero attached hydrogens (tertiary/aromatic N) is 1. The molecule has 1 fully saturated rings. The summed E-state index contributed by atoms with van der Waals surface area (Å²) in [5.41, 5.74) is 0.746. The van der Waals surface area contributed by atoms with Crippen molar-refractivity contribution in [2.45, 2.75) is 19.4 Å². The molecule has 1 aliphatic heterocycles. The molecule has 4 nitrogen and oxygen atoms in total. The van der Waals surface area contributed by atoms with Crippen molar-refractivity contribution in [3.05, 3.63) is 60.7 Å². The summed E-state index contributed by atoms with van der Waals surface area (Å²) in [7, 11) is 0. The molecule has 0 radical (unpaired) electrons. The first-order valence-corrected chi connectivity index (χ1v) is 8.97. The standard InChI is InChI=1S/C19H19BrN2O2/c1-19(17(23)21-14-8-4-2-5-9-14)12-16(13-20)24-18(19)22-15-10-6-3-7-11-15/h2-11,16H,12-13H2,1H3,(H,21,23)/t16-,19+/m0/s1. The van der Waals surface area contributed by atoms with E-state index >= 15 is 0 Å². The number of nitrogens with one attached hydrogen (secondary N) is 1. The summed E-state index contributed by atoms with van der Waals surface area (Å²) in [5, 5.41) is 3.63. The van der Waals surface area contributed by atoms with Crippen LogP contribution in [-0.2, 0) is 9.53 Å². The second kappa shape index (κ2) is 7.18. The highest BCUT2D eigenvalue weighted by molar-refractivity contribution is 9.09. The van der Waals surface area contributed by atoms with Crippen LogP contribution < -0.4 is 5.32 Å². The van der Waals surface area contributed by atoms with E-state index in [2.05, 4.69) is 26.2 Å². The average molecular weight is 387 g/mol. The third kappa shape index (κ3) is 3.51. The van der Waals surface area contributed by atoms with Crippen molar-refractivity contribution in [1.82, 2.24) is 0 Å². The molecule has 0 saturated carbocycles. The van der Waals surface area contributed by atoms with E-state index in [0.29, 0.717) is 17.6 Å². The van der Waals surface area contributed by atoms with Crippen molar-refractivity contribution in [3.8, 4) is 0 Å². The number of alkyl halides is 1. The number of aliphatic imine (C=N–C) groups is 1. The van der Waals surface area contributed by atoms with Crippen LogP contribution in [0.2, 0.25) is 0 Å². The lowest BCUT2D eigenvalue weighted by Crippen LogP contribution is -2.37. The number of halogens is 1. The lowest BCUT2D eigenvalue weighted by atomic mass is 9.85. The van der Waals surface area contributed by atoms with E-state index in [1.807, 2.05) is 67.6 Å². The Bertz CT molecular complexity index is 734. The lowest BCUT2D eigenvalue weighted by Gasteiger charge is -2.21. The maximum Gasteiger partial charge on any atom is 0.239 e. The molecule has 1 amide bonds. The molecule has 3 rings (SSSR count). The van der Waals surface area contributed by atoms with Gasteiger partial charge in [0.15, 0.2) is 0 Å². The normalized spacial score (nSPS) is 24.6. The van der Waals surface area contributed by atoms with Crippen molar-refractivity contribution in [3.63, 3.8) is 0 Å². The monoisotopic (exact) mass is 386 g/mol. The fourth-order valence-corrected chi connectivity index (χ4v) is 3.07. The van der Waals surface area contributed by atoms with Crippen LogP contribution in [0.25, 0.3) is 0 Å². The Morgan fingerprint density at radius 2 is 1.83 bits per heavy atom. The Kier molecular flexibility index (Phi) is 5.00. The van der Waals surface area contributed by atoms with Crippen LogP contribution in [0, 0.1) is 5.41 Å². The fourth-order valence-electron chi connectivity index (χ4n) is 2.71. The van der Waals surface area contributed by atoms with E-state index in [9.17, 15) is 4.79 Å². The SMILES string of the molecule is C[C@]1(C(=O)Nc2ccccc2)C[C@@H](CBr)OC1=Nc1ccccc1. The molecule has 2 atom stereocenters. The first-order chi connectivity index (χ1) is 11.6. The van der Waals surface area contributed by atoms with Gasteiger partial charge in [0.05, 0.1) is 5.69 Å². The number of amides is 1. The van der Waals surface area contributed by atoms with Crippen molar-refractivity contribution in [2.24, 2.45) is 10.4 Å². The van der Waals surface area contributed by atoms with Gasteiger partial charge >= 0.3 is 0 Å². The van der Waals surface area contributed by atoms with Gasteiger partial charge in [-0.2, -0.15) is 0 Å². The van der Waals surface area contributed by atoms with E-state index in [1.165, 1.54) is 0 Å². The highest BCUT2D eigenvalue weighted by atomic mass is 79.9. The van der Waals surface area contributed by atoms with Crippen LogP contribution in [0.15, 0.2) is 65.7 Å². The number of anilines is 1. The van der Waals surface area contributed by atoms with Crippen LogP contribution >= 0.6 is 15.9 Å². The van der Waals surface area contributed by atoms with E-state index in [1.54, 1.807) is 0 Å². The van der Waals surface area contributed by atoms with Gasteiger partial charge in [0.1, 0.15) is 11.5 Å². The van der Waals surface area contributed by atoms with Gasteiger partial charge in [-0.1, -0.05) is 52.3 Å². The molecule has 0 aliphatic carbocycles. The number of rotatable bonds is 4. The second-order valence-corrected chi connectivity index (χ2v) is 6.65. The van der Waals surface area contributed by atoms with Crippen molar-refractivity contribution >= 4 is 39.1 Å². The van der Waals surface area contributed by atoms with Gasteiger partial charge in [0, 0.05) is 17.4 Å². The molecule has 0 aromatic heterocycles. The molecular formula is C19H19BrN2O2. The van der Waals surface area contributed by atoms with E-state index in [-0.39, 0.29) is 12.0 Å². The van der Waals surface area contributed by atoms with Gasteiger partial charge in [-0.15, -0.1) is 0 Å². The van der Waals surface area contributed by atoms with Crippen molar-refractivity contribution in [1.29, 1.82) is 0 Å². The molecule has 1 N–H and O–H groups in total. The number of benzene rings is 2. The number of para-hydroxylation sites is 2. The van der Waals surface area contributed by atoms with Crippen LogP contribution in [0.1, 0.15) is 13.3 Å². The quantitative estimate of drug-likeness (QED) is 0.783. The molecule has 1 aliphatic rings. The number of carbonyl (C=O) groups is 1. The van der Waals surface area contributed by atoms with Gasteiger partial charge in [0.25, 0.3) is 0 Å². The van der Waals surface area contributed by atoms with Gasteiger partial charge < -0.3 is 10.1 Å². The summed E-state index contributed by atoms with van der Waals surface area (Å²) in [6.07, 6.45) is 0.516. The lowest BCUT2D eigenvalue weighted by molar-refractivity contribution is -0.121. The molecule has 5 heteroatoms. The smallest absolute Gasteiger partial charge is 0.239 e.